The summed E-state index contributed by atoms with van der Waals surface area (Å²) in [6.07, 6.45) is 6.00. The Kier molecular flexibility index (Phi) is 3.29. The van der Waals surface area contributed by atoms with Crippen LogP contribution in [0.2, 0.25) is 0 Å². The minimum absolute atomic E-state index is 0.0716. The van der Waals surface area contributed by atoms with Crippen LogP contribution >= 0.6 is 0 Å². The normalized spacial score (nSPS) is 22.1. The van der Waals surface area contributed by atoms with Crippen molar-refractivity contribution in [3.05, 3.63) is 23.8 Å². The molecule has 0 saturated carbocycles. The van der Waals surface area contributed by atoms with Crippen LogP contribution in [0.5, 0.6) is 0 Å². The van der Waals surface area contributed by atoms with Gasteiger partial charge in [-0.3, -0.25) is 4.79 Å². The van der Waals surface area contributed by atoms with Gasteiger partial charge in [0.1, 0.15) is 5.52 Å². The Balaban J connectivity index is 1.65. The van der Waals surface area contributed by atoms with Crippen LogP contribution in [-0.2, 0) is 4.79 Å². The molecule has 1 N–H and O–H groups in total. The molecule has 2 aliphatic heterocycles. The van der Waals surface area contributed by atoms with Crippen LogP contribution in [0.3, 0.4) is 0 Å². The summed E-state index contributed by atoms with van der Waals surface area (Å²) in [7, 11) is 0. The number of anilines is 1. The molecule has 1 aromatic carbocycles. The lowest BCUT2D eigenvalue weighted by atomic mass is 9.94. The predicted molar refractivity (Wildman–Crippen MR) is 84.1 cm³/mol. The maximum Gasteiger partial charge on any atom is 0.298 e. The zero-order chi connectivity index (χ0) is 14.9. The van der Waals surface area contributed by atoms with Crippen molar-refractivity contribution >= 4 is 29.2 Å². The number of carbonyl (C=O) groups excluding carboxylic acids is 1. The molecule has 0 aliphatic carbocycles. The van der Waals surface area contributed by atoms with Crippen molar-refractivity contribution in [2.75, 3.05) is 18.0 Å². The van der Waals surface area contributed by atoms with E-state index in [0.717, 1.165) is 29.8 Å². The molecule has 4 rings (SSSR count). The summed E-state index contributed by atoms with van der Waals surface area (Å²) in [5.41, 5.74) is 5.04. The molecule has 1 atom stereocenters. The minimum Gasteiger partial charge on any atom is -0.423 e. The van der Waals surface area contributed by atoms with Crippen LogP contribution < -0.4 is 10.3 Å². The highest BCUT2D eigenvalue weighted by Crippen LogP contribution is 2.29. The van der Waals surface area contributed by atoms with Gasteiger partial charge in [0.2, 0.25) is 5.91 Å². The molecule has 2 aliphatic rings. The average molecular weight is 298 g/mol. The van der Waals surface area contributed by atoms with Crippen LogP contribution in [0.25, 0.3) is 11.1 Å². The smallest absolute Gasteiger partial charge is 0.298 e. The molecular weight excluding hydrogens is 280 g/mol. The summed E-state index contributed by atoms with van der Waals surface area (Å²) in [5, 5.41) is 3.79. The zero-order valence-corrected chi connectivity index (χ0v) is 12.3. The van der Waals surface area contributed by atoms with Crippen molar-refractivity contribution in [2.24, 2.45) is 5.10 Å². The molecule has 0 bridgehead atoms. The van der Waals surface area contributed by atoms with Crippen molar-refractivity contribution in [2.45, 2.75) is 31.6 Å². The lowest BCUT2D eigenvalue weighted by Gasteiger charge is -2.24. The molecule has 1 saturated heterocycles. The van der Waals surface area contributed by atoms with E-state index < -0.39 is 0 Å². The lowest BCUT2D eigenvalue weighted by molar-refractivity contribution is -0.122. The second kappa shape index (κ2) is 5.44. The maximum atomic E-state index is 11.9. The fourth-order valence-corrected chi connectivity index (χ4v) is 3.11. The molecule has 0 spiro atoms. The maximum absolute atomic E-state index is 11.9. The third-order valence-corrected chi connectivity index (χ3v) is 4.35. The number of nitrogens with one attached hydrogen (secondary N) is 1. The third kappa shape index (κ3) is 2.34. The molecule has 6 heteroatoms. The first-order chi connectivity index (χ1) is 10.8. The van der Waals surface area contributed by atoms with E-state index in [-0.39, 0.29) is 11.8 Å². The van der Waals surface area contributed by atoms with Crippen LogP contribution in [-0.4, -0.2) is 30.2 Å². The zero-order valence-electron chi connectivity index (χ0n) is 12.3. The second-order valence-corrected chi connectivity index (χ2v) is 5.85. The number of hydrogen-bond acceptors (Lipinski definition) is 5. The number of fused-ring (bicyclic) bond motifs is 1. The van der Waals surface area contributed by atoms with E-state index in [4.69, 9.17) is 4.42 Å². The van der Waals surface area contributed by atoms with E-state index in [1.165, 1.54) is 19.3 Å². The number of rotatable bonds is 2. The van der Waals surface area contributed by atoms with Crippen LogP contribution in [0, 0.1) is 0 Å². The first kappa shape index (κ1) is 13.3. The van der Waals surface area contributed by atoms with Gasteiger partial charge in [0.05, 0.1) is 5.92 Å². The Morgan fingerprint density at radius 2 is 2.09 bits per heavy atom. The van der Waals surface area contributed by atoms with Gasteiger partial charge >= 0.3 is 0 Å². The van der Waals surface area contributed by atoms with Gasteiger partial charge in [-0.25, -0.2) is 5.43 Å². The Morgan fingerprint density at radius 3 is 2.91 bits per heavy atom. The van der Waals surface area contributed by atoms with E-state index >= 15 is 0 Å². The first-order valence-corrected chi connectivity index (χ1v) is 7.78. The molecule has 3 heterocycles. The minimum atomic E-state index is -0.203. The Labute approximate surface area is 128 Å². The van der Waals surface area contributed by atoms with E-state index in [1.54, 1.807) is 6.21 Å². The summed E-state index contributed by atoms with van der Waals surface area (Å²) >= 11 is 0. The van der Waals surface area contributed by atoms with E-state index in [0.29, 0.717) is 12.4 Å². The number of benzene rings is 1. The monoisotopic (exact) mass is 298 g/mol. The van der Waals surface area contributed by atoms with Gasteiger partial charge in [-0.2, -0.15) is 10.1 Å². The summed E-state index contributed by atoms with van der Waals surface area (Å²) < 4.78 is 5.92. The molecule has 2 aromatic rings. The quantitative estimate of drug-likeness (QED) is 0.924. The second-order valence-electron chi connectivity index (χ2n) is 5.85. The topological polar surface area (TPSA) is 70.7 Å². The fraction of sp³-hybridized carbons (Fsp3) is 0.438. The standard InChI is InChI=1S/C16H18N4O2/c21-15-12(6-7-17-19-15)11-4-5-13-14(10-11)22-16(18-13)20-8-2-1-3-9-20/h4-5,7,10,12H,1-3,6,8-9H2,(H,19,21). The van der Waals surface area contributed by atoms with Crippen LogP contribution in [0.15, 0.2) is 27.7 Å². The predicted octanol–water partition coefficient (Wildman–Crippen LogP) is 2.41. The average Bonchev–Trinajstić information content (AvgIpc) is 2.99. The van der Waals surface area contributed by atoms with E-state index in [9.17, 15) is 4.79 Å². The third-order valence-electron chi connectivity index (χ3n) is 4.35. The van der Waals surface area contributed by atoms with Crippen molar-refractivity contribution in [3.8, 4) is 0 Å². The highest BCUT2D eigenvalue weighted by molar-refractivity contribution is 5.90. The Hall–Kier alpha value is -2.37. The number of oxazole rings is 1. The Bertz CT molecular complexity index is 731. The SMILES string of the molecule is O=C1NN=CCC1c1ccc2nc(N3CCCCC3)oc2c1. The number of hydrazone groups is 1. The number of piperidine rings is 1. The number of carbonyl (C=O) groups is 1. The Morgan fingerprint density at radius 1 is 1.23 bits per heavy atom. The van der Waals surface area contributed by atoms with Gasteiger partial charge in [0, 0.05) is 25.7 Å². The van der Waals surface area contributed by atoms with E-state index in [2.05, 4.69) is 20.4 Å². The number of amides is 1. The van der Waals surface area contributed by atoms with Crippen molar-refractivity contribution in [3.63, 3.8) is 0 Å². The van der Waals surface area contributed by atoms with Gasteiger partial charge < -0.3 is 9.32 Å². The van der Waals surface area contributed by atoms with Gasteiger partial charge in [-0.1, -0.05) is 6.07 Å². The highest BCUT2D eigenvalue weighted by atomic mass is 16.4. The molecular formula is C16H18N4O2. The first-order valence-electron chi connectivity index (χ1n) is 7.78. The van der Waals surface area contributed by atoms with Crippen molar-refractivity contribution in [1.29, 1.82) is 0 Å². The van der Waals surface area contributed by atoms with Crippen molar-refractivity contribution < 1.29 is 9.21 Å². The summed E-state index contributed by atoms with van der Waals surface area (Å²) in [4.78, 5) is 18.7. The number of nitrogens with zero attached hydrogens (tertiary/aromatic N) is 3. The molecule has 0 radical (unpaired) electrons. The highest BCUT2D eigenvalue weighted by Gasteiger charge is 2.23. The largest absolute Gasteiger partial charge is 0.423 e. The summed E-state index contributed by atoms with van der Waals surface area (Å²) in [5.74, 6) is -0.275. The van der Waals surface area contributed by atoms with Gasteiger partial charge in [-0.05, 0) is 37.0 Å². The summed E-state index contributed by atoms with van der Waals surface area (Å²) in [6, 6.07) is 6.51. The summed E-state index contributed by atoms with van der Waals surface area (Å²) in [6.45, 7) is 2.00. The molecule has 1 fully saturated rings. The van der Waals surface area contributed by atoms with E-state index in [1.807, 2.05) is 18.2 Å². The number of hydrogen-bond donors (Lipinski definition) is 1. The molecule has 114 valence electrons. The molecule has 1 amide bonds. The molecule has 1 aromatic heterocycles. The van der Waals surface area contributed by atoms with Gasteiger partial charge in [-0.15, -0.1) is 0 Å². The molecule has 22 heavy (non-hydrogen) atoms. The molecule has 1 unspecified atom stereocenters. The molecule has 6 nitrogen and oxygen atoms in total. The van der Waals surface area contributed by atoms with Gasteiger partial charge in [0.25, 0.3) is 6.01 Å². The lowest BCUT2D eigenvalue weighted by Crippen LogP contribution is -2.29. The van der Waals surface area contributed by atoms with Crippen LogP contribution in [0.4, 0.5) is 6.01 Å². The van der Waals surface area contributed by atoms with Gasteiger partial charge in [0.15, 0.2) is 5.58 Å². The number of aromatic nitrogens is 1. The van der Waals surface area contributed by atoms with Crippen LogP contribution in [0.1, 0.15) is 37.2 Å². The fourth-order valence-electron chi connectivity index (χ4n) is 3.11. The van der Waals surface area contributed by atoms with Crippen molar-refractivity contribution in [1.82, 2.24) is 10.4 Å².